The highest BCUT2D eigenvalue weighted by Crippen LogP contribution is 2.41. The minimum Gasteiger partial charge on any atom is -0.481 e. The number of aliphatic carboxylic acids is 1. The van der Waals surface area contributed by atoms with Crippen LogP contribution >= 0.6 is 0 Å². The van der Waals surface area contributed by atoms with Crippen LogP contribution in [0.1, 0.15) is 30.5 Å². The summed E-state index contributed by atoms with van der Waals surface area (Å²) in [5.41, 5.74) is 6.81. The Kier molecular flexibility index (Phi) is 3.66. The number of carbonyl (C=O) groups is 1. The van der Waals surface area contributed by atoms with Gasteiger partial charge in [-0.3, -0.25) is 9.78 Å². The molecule has 3 N–H and O–H groups in total. The van der Waals surface area contributed by atoms with Crippen LogP contribution in [0.5, 0.6) is 0 Å². The van der Waals surface area contributed by atoms with E-state index in [1.807, 2.05) is 19.1 Å². The minimum absolute atomic E-state index is 0.175. The summed E-state index contributed by atoms with van der Waals surface area (Å²) in [5.74, 6) is -0.254. The number of nitrogens with two attached hydrogens (primary N) is 1. The highest BCUT2D eigenvalue weighted by Gasteiger charge is 2.42. The largest absolute Gasteiger partial charge is 0.481 e. The monoisotopic (exact) mass is 248 g/mol. The number of hydrogen-bond donors (Lipinski definition) is 2. The van der Waals surface area contributed by atoms with E-state index in [-0.39, 0.29) is 6.54 Å². The lowest BCUT2D eigenvalue weighted by Gasteiger charge is -2.28. The molecule has 1 aliphatic carbocycles. The van der Waals surface area contributed by atoms with Crippen LogP contribution in [0.15, 0.2) is 18.3 Å². The van der Waals surface area contributed by atoms with E-state index in [9.17, 15) is 9.90 Å². The number of nitrogens with zero attached hydrogens (tertiary/aromatic N) is 1. The van der Waals surface area contributed by atoms with Gasteiger partial charge in [-0.2, -0.15) is 0 Å². The Bertz CT molecular complexity index is 443. The molecule has 1 fully saturated rings. The Balaban J connectivity index is 2.23. The predicted molar refractivity (Wildman–Crippen MR) is 69.1 cm³/mol. The van der Waals surface area contributed by atoms with Gasteiger partial charge in [0.1, 0.15) is 0 Å². The van der Waals surface area contributed by atoms with Crippen LogP contribution in [-0.4, -0.2) is 22.6 Å². The van der Waals surface area contributed by atoms with E-state index < -0.39 is 11.4 Å². The van der Waals surface area contributed by atoms with E-state index in [4.69, 9.17) is 5.73 Å². The van der Waals surface area contributed by atoms with Gasteiger partial charge in [0.05, 0.1) is 5.41 Å². The van der Waals surface area contributed by atoms with Gasteiger partial charge in [-0.1, -0.05) is 18.9 Å². The van der Waals surface area contributed by atoms with Crippen molar-refractivity contribution >= 4 is 5.97 Å². The molecule has 2 rings (SSSR count). The lowest BCUT2D eigenvalue weighted by molar-refractivity contribution is -0.149. The minimum atomic E-state index is -0.847. The standard InChI is InChI=1S/C14H20N2O2/c1-10-3-2-6-16-12(10)8-14(9-15,13(17)18)7-11-4-5-11/h2-3,6,11H,4-5,7-9,15H2,1H3,(H,17,18). The van der Waals surface area contributed by atoms with Crippen molar-refractivity contribution in [1.82, 2.24) is 4.98 Å². The molecule has 1 aromatic heterocycles. The molecule has 1 atom stereocenters. The molecule has 98 valence electrons. The van der Waals surface area contributed by atoms with Gasteiger partial charge in [0, 0.05) is 24.9 Å². The van der Waals surface area contributed by atoms with Crippen molar-refractivity contribution in [2.45, 2.75) is 32.6 Å². The van der Waals surface area contributed by atoms with Crippen LogP contribution < -0.4 is 5.73 Å². The molecule has 0 saturated heterocycles. The number of pyridine rings is 1. The van der Waals surface area contributed by atoms with Crippen molar-refractivity contribution in [2.75, 3.05) is 6.54 Å². The lowest BCUT2D eigenvalue weighted by Crippen LogP contribution is -2.41. The van der Waals surface area contributed by atoms with Crippen LogP contribution in [0, 0.1) is 18.3 Å². The van der Waals surface area contributed by atoms with Crippen molar-refractivity contribution in [2.24, 2.45) is 17.1 Å². The average Bonchev–Trinajstić information content (AvgIpc) is 3.14. The second-order valence-electron chi connectivity index (χ2n) is 5.38. The van der Waals surface area contributed by atoms with Gasteiger partial charge in [0.2, 0.25) is 0 Å². The Morgan fingerprint density at radius 1 is 1.61 bits per heavy atom. The molecule has 0 radical (unpaired) electrons. The number of aryl methyl sites for hydroxylation is 1. The molecular weight excluding hydrogens is 228 g/mol. The smallest absolute Gasteiger partial charge is 0.311 e. The third-order valence-electron chi connectivity index (χ3n) is 3.84. The van der Waals surface area contributed by atoms with E-state index in [0.29, 0.717) is 18.8 Å². The summed E-state index contributed by atoms with van der Waals surface area (Å²) in [6.07, 6.45) is 5.09. The summed E-state index contributed by atoms with van der Waals surface area (Å²) < 4.78 is 0. The Morgan fingerprint density at radius 2 is 2.33 bits per heavy atom. The van der Waals surface area contributed by atoms with Gasteiger partial charge in [0.15, 0.2) is 0 Å². The number of carboxylic acid groups (broad SMARTS) is 1. The maximum atomic E-state index is 11.6. The highest BCUT2D eigenvalue weighted by molar-refractivity contribution is 5.75. The second kappa shape index (κ2) is 5.06. The molecule has 1 saturated carbocycles. The summed E-state index contributed by atoms with van der Waals surface area (Å²) in [5, 5.41) is 9.54. The van der Waals surface area contributed by atoms with E-state index in [0.717, 1.165) is 24.1 Å². The van der Waals surface area contributed by atoms with Gasteiger partial charge in [0.25, 0.3) is 0 Å². The molecule has 4 heteroatoms. The number of hydrogen-bond acceptors (Lipinski definition) is 3. The molecule has 0 spiro atoms. The van der Waals surface area contributed by atoms with Gasteiger partial charge in [-0.15, -0.1) is 0 Å². The summed E-state index contributed by atoms with van der Waals surface area (Å²) >= 11 is 0. The molecule has 0 aliphatic heterocycles. The van der Waals surface area contributed by atoms with Crippen LogP contribution in [0.3, 0.4) is 0 Å². The molecule has 18 heavy (non-hydrogen) atoms. The van der Waals surface area contributed by atoms with E-state index in [1.165, 1.54) is 0 Å². The Morgan fingerprint density at radius 3 is 2.83 bits per heavy atom. The second-order valence-corrected chi connectivity index (χ2v) is 5.38. The van der Waals surface area contributed by atoms with Gasteiger partial charge in [-0.05, 0) is 30.9 Å². The Hall–Kier alpha value is -1.42. The summed E-state index contributed by atoms with van der Waals surface area (Å²) in [6, 6.07) is 3.83. The maximum Gasteiger partial charge on any atom is 0.311 e. The first-order valence-corrected chi connectivity index (χ1v) is 6.41. The molecular formula is C14H20N2O2. The summed E-state index contributed by atoms with van der Waals surface area (Å²) in [6.45, 7) is 2.14. The van der Waals surface area contributed by atoms with Crippen LogP contribution in [0.4, 0.5) is 0 Å². The normalized spacial score (nSPS) is 18.3. The van der Waals surface area contributed by atoms with Crippen molar-refractivity contribution in [3.05, 3.63) is 29.6 Å². The number of carboxylic acids is 1. The SMILES string of the molecule is Cc1cccnc1CC(CN)(CC1CC1)C(=O)O. The average molecular weight is 248 g/mol. The van der Waals surface area contributed by atoms with E-state index in [1.54, 1.807) is 6.20 Å². The van der Waals surface area contributed by atoms with Gasteiger partial charge < -0.3 is 10.8 Å². The molecule has 1 aliphatic rings. The van der Waals surface area contributed by atoms with Crippen molar-refractivity contribution in [3.8, 4) is 0 Å². The zero-order valence-electron chi connectivity index (χ0n) is 10.7. The van der Waals surface area contributed by atoms with Gasteiger partial charge in [-0.25, -0.2) is 0 Å². The fraction of sp³-hybridized carbons (Fsp3) is 0.571. The van der Waals surface area contributed by atoms with Crippen molar-refractivity contribution < 1.29 is 9.90 Å². The molecule has 0 amide bonds. The molecule has 1 heterocycles. The fourth-order valence-corrected chi connectivity index (χ4v) is 2.38. The third-order valence-corrected chi connectivity index (χ3v) is 3.84. The zero-order valence-corrected chi connectivity index (χ0v) is 10.7. The van der Waals surface area contributed by atoms with E-state index in [2.05, 4.69) is 4.98 Å². The van der Waals surface area contributed by atoms with Crippen molar-refractivity contribution in [3.63, 3.8) is 0 Å². The molecule has 0 aromatic carbocycles. The Labute approximate surface area is 107 Å². The topological polar surface area (TPSA) is 76.2 Å². The number of rotatable bonds is 6. The first kappa shape index (κ1) is 13.0. The van der Waals surface area contributed by atoms with Crippen LogP contribution in [-0.2, 0) is 11.2 Å². The maximum absolute atomic E-state index is 11.6. The zero-order chi connectivity index (χ0) is 13.2. The fourth-order valence-electron chi connectivity index (χ4n) is 2.38. The first-order valence-electron chi connectivity index (χ1n) is 6.41. The van der Waals surface area contributed by atoms with Crippen LogP contribution in [0.2, 0.25) is 0 Å². The first-order chi connectivity index (χ1) is 8.57. The van der Waals surface area contributed by atoms with Gasteiger partial charge >= 0.3 is 5.97 Å². The lowest BCUT2D eigenvalue weighted by atomic mass is 9.77. The quantitative estimate of drug-likeness (QED) is 0.804. The summed E-state index contributed by atoms with van der Waals surface area (Å²) in [7, 11) is 0. The van der Waals surface area contributed by atoms with Crippen molar-refractivity contribution in [1.29, 1.82) is 0 Å². The predicted octanol–water partition coefficient (Wildman–Crippen LogP) is 1.76. The third kappa shape index (κ3) is 2.70. The summed E-state index contributed by atoms with van der Waals surface area (Å²) in [4.78, 5) is 15.9. The molecule has 1 aromatic rings. The van der Waals surface area contributed by atoms with E-state index >= 15 is 0 Å². The van der Waals surface area contributed by atoms with Crippen LogP contribution in [0.25, 0.3) is 0 Å². The highest BCUT2D eigenvalue weighted by atomic mass is 16.4. The molecule has 0 bridgehead atoms. The molecule has 1 unspecified atom stereocenters. The number of aromatic nitrogens is 1. The molecule has 4 nitrogen and oxygen atoms in total.